The van der Waals surface area contributed by atoms with Crippen molar-refractivity contribution in [2.45, 2.75) is 26.1 Å². The first kappa shape index (κ1) is 25.9. The molecular weight excluding hydrogens is 497 g/mol. The molecule has 0 saturated carbocycles. The Morgan fingerprint density at radius 2 is 1.68 bits per heavy atom. The molecule has 3 aromatic carbocycles. The first-order valence-corrected chi connectivity index (χ1v) is 11.1. The molecule has 1 N–H and O–H groups in total. The Hall–Kier alpha value is -4.15. The number of nitrogens with one attached hydrogen (secondary N) is 1. The van der Waals surface area contributed by atoms with Gasteiger partial charge in [-0.2, -0.15) is 0 Å². The Bertz CT molecular complexity index is 1380. The Labute approximate surface area is 209 Å². The monoisotopic (exact) mass is 519 g/mol. The molecule has 37 heavy (non-hydrogen) atoms. The molecule has 0 fully saturated rings. The van der Waals surface area contributed by atoms with Crippen LogP contribution in [0.3, 0.4) is 0 Å². The van der Waals surface area contributed by atoms with Gasteiger partial charge in [-0.3, -0.25) is 9.69 Å². The molecule has 0 bridgehead atoms. The number of nitrogens with zero attached hydrogens (tertiary/aromatic N) is 2. The first-order valence-electron chi connectivity index (χ1n) is 11.1. The molecular formula is C26H22F5N3O3. The third-order valence-electron chi connectivity index (χ3n) is 6.32. The summed E-state index contributed by atoms with van der Waals surface area (Å²) in [5, 5.41) is 2.37. The van der Waals surface area contributed by atoms with E-state index in [1.54, 1.807) is 20.0 Å². The molecule has 194 valence electrons. The van der Waals surface area contributed by atoms with Gasteiger partial charge in [-0.25, -0.2) is 26.7 Å². The number of hydrogen-bond donors (Lipinski definition) is 1. The number of halogens is 5. The highest BCUT2D eigenvalue weighted by molar-refractivity contribution is 5.99. The largest absolute Gasteiger partial charge is 0.497 e. The second-order valence-corrected chi connectivity index (χ2v) is 8.54. The second-order valence-electron chi connectivity index (χ2n) is 8.54. The van der Waals surface area contributed by atoms with Gasteiger partial charge in [0.25, 0.3) is 5.91 Å². The van der Waals surface area contributed by atoms with Crippen molar-refractivity contribution in [1.29, 1.82) is 0 Å². The van der Waals surface area contributed by atoms with Crippen molar-refractivity contribution in [3.63, 3.8) is 0 Å². The number of urea groups is 1. The van der Waals surface area contributed by atoms with Gasteiger partial charge in [-0.15, -0.1) is 0 Å². The van der Waals surface area contributed by atoms with Gasteiger partial charge in [0.05, 0.1) is 25.4 Å². The van der Waals surface area contributed by atoms with Crippen LogP contribution in [0.15, 0.2) is 42.5 Å². The zero-order valence-electron chi connectivity index (χ0n) is 20.0. The fourth-order valence-corrected chi connectivity index (χ4v) is 4.13. The summed E-state index contributed by atoms with van der Waals surface area (Å²) in [6.45, 7) is 0.851. The first-order chi connectivity index (χ1) is 17.5. The summed E-state index contributed by atoms with van der Waals surface area (Å²) < 4.78 is 74.7. The number of anilines is 1. The number of carbonyl (C=O) groups excluding carboxylic acids is 2. The van der Waals surface area contributed by atoms with Crippen molar-refractivity contribution in [3.8, 4) is 5.75 Å². The van der Waals surface area contributed by atoms with Crippen molar-refractivity contribution >= 4 is 17.6 Å². The average Bonchev–Trinajstić information content (AvgIpc) is 2.86. The van der Waals surface area contributed by atoms with Crippen LogP contribution in [0.1, 0.15) is 40.0 Å². The van der Waals surface area contributed by atoms with Crippen LogP contribution in [0, 0.1) is 29.1 Å². The van der Waals surface area contributed by atoms with Gasteiger partial charge in [0.15, 0.2) is 11.6 Å². The predicted octanol–water partition coefficient (Wildman–Crippen LogP) is 5.45. The molecule has 1 aliphatic rings. The molecule has 1 heterocycles. The number of fused-ring (bicyclic) bond motifs is 1. The lowest BCUT2D eigenvalue weighted by Crippen LogP contribution is -2.46. The summed E-state index contributed by atoms with van der Waals surface area (Å²) in [5.41, 5.74) is 0.308. The van der Waals surface area contributed by atoms with Crippen LogP contribution >= 0.6 is 0 Å². The van der Waals surface area contributed by atoms with Gasteiger partial charge in [0.2, 0.25) is 0 Å². The standard InChI is InChI=1S/C26H22F5N3O3/c1-13-18-5-4-14(25(35)32-11-19-20(28)8-16(27)9-21(19)29)7-23(18)34(26(36)33(13)2)12-15-6-17(37-3)10-22(30)24(15)31/h4-10,13H,11-12H2,1-3H3,(H,32,35)/t13-/m0/s1. The maximum absolute atomic E-state index is 14.6. The Balaban J connectivity index is 1.66. The lowest BCUT2D eigenvalue weighted by Gasteiger charge is -2.39. The fourth-order valence-electron chi connectivity index (χ4n) is 4.13. The predicted molar refractivity (Wildman–Crippen MR) is 125 cm³/mol. The normalized spacial score (nSPS) is 15.0. The average molecular weight is 519 g/mol. The van der Waals surface area contributed by atoms with Crippen LogP contribution in [0.5, 0.6) is 5.75 Å². The van der Waals surface area contributed by atoms with Crippen molar-refractivity contribution in [1.82, 2.24) is 10.2 Å². The summed E-state index contributed by atoms with van der Waals surface area (Å²) in [6.07, 6.45) is 0. The fraction of sp³-hybridized carbons (Fsp3) is 0.231. The van der Waals surface area contributed by atoms with E-state index in [-0.39, 0.29) is 29.1 Å². The van der Waals surface area contributed by atoms with Gasteiger partial charge in [-0.1, -0.05) is 6.07 Å². The zero-order valence-corrected chi connectivity index (χ0v) is 20.0. The van der Waals surface area contributed by atoms with Crippen LogP contribution in [0.2, 0.25) is 0 Å². The number of hydrogen-bond acceptors (Lipinski definition) is 3. The van der Waals surface area contributed by atoms with Crippen molar-refractivity contribution in [2.24, 2.45) is 0 Å². The summed E-state index contributed by atoms with van der Waals surface area (Å²) in [7, 11) is 2.85. The molecule has 0 aliphatic carbocycles. The summed E-state index contributed by atoms with van der Waals surface area (Å²) in [6, 6.07) is 6.71. The molecule has 1 atom stereocenters. The number of amides is 3. The molecule has 3 aromatic rings. The van der Waals surface area contributed by atoms with E-state index in [1.165, 1.54) is 35.1 Å². The number of benzene rings is 3. The van der Waals surface area contributed by atoms with Crippen LogP contribution in [-0.2, 0) is 13.1 Å². The molecule has 6 nitrogen and oxygen atoms in total. The lowest BCUT2D eigenvalue weighted by molar-refractivity contribution is 0.0950. The SMILES string of the molecule is COc1cc(F)c(F)c(CN2C(=O)N(C)[C@@H](C)c3ccc(C(=O)NCc4c(F)cc(F)cc4F)cc32)c1. The molecule has 4 rings (SSSR count). The van der Waals surface area contributed by atoms with E-state index >= 15 is 0 Å². The zero-order chi connectivity index (χ0) is 27.0. The summed E-state index contributed by atoms with van der Waals surface area (Å²) in [5.74, 6) is -6.33. The Kier molecular flexibility index (Phi) is 7.06. The Morgan fingerprint density at radius 1 is 1.00 bits per heavy atom. The van der Waals surface area contributed by atoms with Gasteiger partial charge < -0.3 is 15.0 Å². The molecule has 11 heteroatoms. The van der Waals surface area contributed by atoms with E-state index in [2.05, 4.69) is 5.32 Å². The molecule has 0 radical (unpaired) electrons. The third kappa shape index (κ3) is 4.93. The highest BCUT2D eigenvalue weighted by Gasteiger charge is 2.34. The van der Waals surface area contributed by atoms with E-state index in [0.29, 0.717) is 17.7 Å². The Morgan fingerprint density at radius 3 is 2.32 bits per heavy atom. The van der Waals surface area contributed by atoms with Gasteiger partial charge in [-0.05, 0) is 30.7 Å². The minimum Gasteiger partial charge on any atom is -0.497 e. The molecule has 0 saturated heterocycles. The minimum atomic E-state index is -1.15. The van der Waals surface area contributed by atoms with Crippen molar-refractivity contribution in [2.75, 3.05) is 19.1 Å². The highest BCUT2D eigenvalue weighted by atomic mass is 19.2. The summed E-state index contributed by atoms with van der Waals surface area (Å²) >= 11 is 0. The lowest BCUT2D eigenvalue weighted by atomic mass is 9.98. The van der Waals surface area contributed by atoms with Crippen molar-refractivity contribution in [3.05, 3.63) is 93.8 Å². The number of methoxy groups -OCH3 is 1. The molecule has 0 spiro atoms. The second kappa shape index (κ2) is 10.1. The highest BCUT2D eigenvalue weighted by Crippen LogP contribution is 2.38. The number of ether oxygens (including phenoxy) is 1. The smallest absolute Gasteiger partial charge is 0.325 e. The number of rotatable bonds is 6. The summed E-state index contributed by atoms with van der Waals surface area (Å²) in [4.78, 5) is 28.5. The molecule has 1 aliphatic heterocycles. The maximum atomic E-state index is 14.6. The minimum absolute atomic E-state index is 0.0496. The quantitative estimate of drug-likeness (QED) is 0.441. The van der Waals surface area contributed by atoms with Crippen LogP contribution in [0.4, 0.5) is 32.4 Å². The van der Waals surface area contributed by atoms with Gasteiger partial charge >= 0.3 is 6.03 Å². The van der Waals surface area contributed by atoms with Crippen LogP contribution < -0.4 is 15.0 Å². The van der Waals surface area contributed by atoms with E-state index in [4.69, 9.17) is 4.74 Å². The van der Waals surface area contributed by atoms with E-state index < -0.39 is 59.2 Å². The van der Waals surface area contributed by atoms with Gasteiger partial charge in [0, 0.05) is 48.5 Å². The van der Waals surface area contributed by atoms with Crippen molar-refractivity contribution < 1.29 is 36.3 Å². The third-order valence-corrected chi connectivity index (χ3v) is 6.32. The maximum Gasteiger partial charge on any atom is 0.325 e. The molecule has 0 aromatic heterocycles. The molecule has 0 unspecified atom stereocenters. The number of carbonyl (C=O) groups is 2. The van der Waals surface area contributed by atoms with E-state index in [0.717, 1.165) is 6.07 Å². The molecule has 3 amide bonds. The van der Waals surface area contributed by atoms with Crippen LogP contribution in [-0.4, -0.2) is 31.0 Å². The van der Waals surface area contributed by atoms with Gasteiger partial charge in [0.1, 0.15) is 23.2 Å². The van der Waals surface area contributed by atoms with E-state index in [1.807, 2.05) is 0 Å². The topological polar surface area (TPSA) is 61.9 Å². The van der Waals surface area contributed by atoms with Crippen LogP contribution in [0.25, 0.3) is 0 Å². The van der Waals surface area contributed by atoms with E-state index in [9.17, 15) is 31.5 Å².